The van der Waals surface area contributed by atoms with Gasteiger partial charge in [-0.25, -0.2) is 9.18 Å². The average molecular weight is 387 g/mol. The highest BCUT2D eigenvalue weighted by Crippen LogP contribution is 2.49. The van der Waals surface area contributed by atoms with Crippen molar-refractivity contribution in [2.75, 3.05) is 13.1 Å². The lowest BCUT2D eigenvalue weighted by Gasteiger charge is -2.54. The normalized spacial score (nSPS) is 19.2. The number of hydrogen-bond acceptors (Lipinski definition) is 2. The third-order valence-electron chi connectivity index (χ3n) is 4.57. The molecular formula is C16H16F7NO2. The first-order chi connectivity index (χ1) is 11.8. The monoisotopic (exact) mass is 387 g/mol. The maximum Gasteiger partial charge on any atom is 0.490 e. The zero-order valence-electron chi connectivity index (χ0n) is 13.3. The summed E-state index contributed by atoms with van der Waals surface area (Å²) >= 11 is 0. The summed E-state index contributed by atoms with van der Waals surface area (Å²) in [5, 5.41) is 10.3. The van der Waals surface area contributed by atoms with Crippen LogP contribution in [0, 0.1) is 17.2 Å². The first kappa shape index (κ1) is 20.5. The van der Waals surface area contributed by atoms with Crippen LogP contribution in [0.3, 0.4) is 0 Å². The van der Waals surface area contributed by atoms with E-state index in [0.717, 1.165) is 32.0 Å². The summed E-state index contributed by atoms with van der Waals surface area (Å²) in [6.45, 7) is 2.05. The Bertz CT molecular complexity index is 658. The predicted molar refractivity (Wildman–Crippen MR) is 76.8 cm³/mol. The van der Waals surface area contributed by atoms with E-state index in [1.807, 2.05) is 0 Å². The molecule has 0 bridgehead atoms. The molecule has 2 fully saturated rings. The molecule has 1 aromatic rings. The summed E-state index contributed by atoms with van der Waals surface area (Å²) in [7, 11) is 0. The molecule has 3 nitrogen and oxygen atoms in total. The van der Waals surface area contributed by atoms with Crippen molar-refractivity contribution < 1.29 is 40.6 Å². The Morgan fingerprint density at radius 3 is 2.04 bits per heavy atom. The summed E-state index contributed by atoms with van der Waals surface area (Å²) in [6, 6.07) is 2.86. The first-order valence-electron chi connectivity index (χ1n) is 7.69. The van der Waals surface area contributed by atoms with Crippen molar-refractivity contribution in [3.05, 3.63) is 35.1 Å². The second-order valence-corrected chi connectivity index (χ2v) is 6.69. The maximum atomic E-state index is 13.7. The average Bonchev–Trinajstić information content (AvgIpc) is 2.40. The van der Waals surface area contributed by atoms with E-state index in [9.17, 15) is 30.7 Å². The van der Waals surface area contributed by atoms with Gasteiger partial charge in [0.1, 0.15) is 5.82 Å². The van der Waals surface area contributed by atoms with E-state index in [1.165, 1.54) is 6.07 Å². The quantitative estimate of drug-likeness (QED) is 0.754. The summed E-state index contributed by atoms with van der Waals surface area (Å²) in [4.78, 5) is 8.90. The molecule has 10 heteroatoms. The van der Waals surface area contributed by atoms with Crippen LogP contribution in [0.15, 0.2) is 18.2 Å². The van der Waals surface area contributed by atoms with Crippen LogP contribution in [0.1, 0.15) is 24.0 Å². The van der Waals surface area contributed by atoms with Gasteiger partial charge in [0.2, 0.25) is 0 Å². The Morgan fingerprint density at radius 2 is 1.69 bits per heavy atom. The molecule has 0 radical (unpaired) electrons. The number of hydrogen-bond donors (Lipinski definition) is 2. The summed E-state index contributed by atoms with van der Waals surface area (Å²) < 4.78 is 82.7. The molecule has 0 aromatic heterocycles. The molecule has 26 heavy (non-hydrogen) atoms. The van der Waals surface area contributed by atoms with Gasteiger partial charge in [-0.1, -0.05) is 6.07 Å². The van der Waals surface area contributed by atoms with Crippen LogP contribution in [0.5, 0.6) is 0 Å². The molecule has 2 N–H and O–H groups in total. The van der Waals surface area contributed by atoms with Crippen LogP contribution in [0.4, 0.5) is 30.7 Å². The Kier molecular flexibility index (Phi) is 5.55. The lowest BCUT2D eigenvalue weighted by molar-refractivity contribution is -0.192. The highest BCUT2D eigenvalue weighted by molar-refractivity contribution is 5.73. The molecular weight excluding hydrogens is 371 g/mol. The molecule has 0 unspecified atom stereocenters. The van der Waals surface area contributed by atoms with Gasteiger partial charge in [0.05, 0.1) is 5.56 Å². The van der Waals surface area contributed by atoms with E-state index in [1.54, 1.807) is 0 Å². The fourth-order valence-corrected chi connectivity index (χ4v) is 3.28. The van der Waals surface area contributed by atoms with Crippen LogP contribution in [-0.4, -0.2) is 30.3 Å². The van der Waals surface area contributed by atoms with Gasteiger partial charge in [-0.15, -0.1) is 0 Å². The molecule has 1 aromatic carbocycles. The van der Waals surface area contributed by atoms with Crippen LogP contribution in [0.2, 0.25) is 0 Å². The Morgan fingerprint density at radius 1 is 1.15 bits per heavy atom. The number of nitrogens with one attached hydrogen (secondary N) is 1. The number of carboxylic acid groups (broad SMARTS) is 1. The molecule has 2 aliphatic rings. The van der Waals surface area contributed by atoms with Crippen LogP contribution < -0.4 is 5.32 Å². The number of alkyl halides is 6. The SMILES string of the molecule is Fc1cc(C(F)(F)F)ccc1CC1CC2(CNC2)C1.O=C(O)C(F)(F)F. The van der Waals surface area contributed by atoms with Gasteiger partial charge in [0.15, 0.2) is 0 Å². The fourth-order valence-electron chi connectivity index (χ4n) is 3.28. The first-order valence-corrected chi connectivity index (χ1v) is 7.69. The van der Waals surface area contributed by atoms with Gasteiger partial charge in [0.25, 0.3) is 0 Å². The Labute approximate surface area is 144 Å². The van der Waals surface area contributed by atoms with Crippen molar-refractivity contribution in [1.29, 1.82) is 0 Å². The molecule has 1 aliphatic carbocycles. The number of carboxylic acids is 1. The van der Waals surface area contributed by atoms with E-state index in [0.29, 0.717) is 29.4 Å². The molecule has 1 spiro atoms. The Hall–Kier alpha value is -1.84. The molecule has 146 valence electrons. The zero-order chi connectivity index (χ0) is 19.8. The van der Waals surface area contributed by atoms with Gasteiger partial charge in [0, 0.05) is 13.1 Å². The largest absolute Gasteiger partial charge is 0.490 e. The second-order valence-electron chi connectivity index (χ2n) is 6.69. The van der Waals surface area contributed by atoms with Crippen molar-refractivity contribution in [3.8, 4) is 0 Å². The topological polar surface area (TPSA) is 49.3 Å². The van der Waals surface area contributed by atoms with E-state index < -0.39 is 29.7 Å². The number of aliphatic carboxylic acids is 1. The molecule has 1 saturated carbocycles. The van der Waals surface area contributed by atoms with Crippen molar-refractivity contribution in [3.63, 3.8) is 0 Å². The van der Waals surface area contributed by atoms with Crippen LogP contribution in [-0.2, 0) is 17.4 Å². The standard InChI is InChI=1S/C14H15F4N.C2HF3O2/c15-12-4-11(14(16,17)18)2-1-10(12)3-9-5-13(6-9)7-19-8-13;3-2(4,5)1(6)7/h1-2,4,9,19H,3,5-8H2;(H,6,7). The lowest BCUT2D eigenvalue weighted by Crippen LogP contribution is -2.60. The number of carbonyl (C=O) groups is 1. The van der Waals surface area contributed by atoms with Gasteiger partial charge < -0.3 is 10.4 Å². The van der Waals surface area contributed by atoms with Gasteiger partial charge in [-0.2, -0.15) is 26.3 Å². The van der Waals surface area contributed by atoms with E-state index in [4.69, 9.17) is 9.90 Å². The molecule has 3 rings (SSSR count). The second kappa shape index (κ2) is 7.05. The molecule has 1 saturated heterocycles. The predicted octanol–water partition coefficient (Wildman–Crippen LogP) is 4.02. The highest BCUT2D eigenvalue weighted by atomic mass is 19.4. The minimum absolute atomic E-state index is 0.403. The van der Waals surface area contributed by atoms with Crippen molar-refractivity contribution >= 4 is 5.97 Å². The number of rotatable bonds is 2. The minimum Gasteiger partial charge on any atom is -0.475 e. The number of benzene rings is 1. The van der Waals surface area contributed by atoms with Crippen molar-refractivity contribution in [1.82, 2.24) is 5.32 Å². The highest BCUT2D eigenvalue weighted by Gasteiger charge is 2.48. The summed E-state index contributed by atoms with van der Waals surface area (Å²) in [5.41, 5.74) is -0.102. The van der Waals surface area contributed by atoms with E-state index in [-0.39, 0.29) is 0 Å². The van der Waals surface area contributed by atoms with Crippen LogP contribution >= 0.6 is 0 Å². The van der Waals surface area contributed by atoms with Gasteiger partial charge in [-0.05, 0) is 48.3 Å². The summed E-state index contributed by atoms with van der Waals surface area (Å²) in [6.07, 6.45) is -6.90. The fraction of sp³-hybridized carbons (Fsp3) is 0.562. The van der Waals surface area contributed by atoms with Gasteiger partial charge in [-0.3, -0.25) is 0 Å². The third-order valence-corrected chi connectivity index (χ3v) is 4.57. The van der Waals surface area contributed by atoms with Crippen molar-refractivity contribution in [2.45, 2.75) is 31.6 Å². The molecule has 0 amide bonds. The van der Waals surface area contributed by atoms with Crippen LogP contribution in [0.25, 0.3) is 0 Å². The van der Waals surface area contributed by atoms with E-state index in [2.05, 4.69) is 5.32 Å². The van der Waals surface area contributed by atoms with Crippen molar-refractivity contribution in [2.24, 2.45) is 11.3 Å². The summed E-state index contributed by atoms with van der Waals surface area (Å²) in [5.74, 6) is -3.08. The van der Waals surface area contributed by atoms with E-state index >= 15 is 0 Å². The third kappa shape index (κ3) is 4.87. The number of halogens is 7. The molecule has 0 atom stereocenters. The zero-order valence-corrected chi connectivity index (χ0v) is 13.3. The smallest absolute Gasteiger partial charge is 0.475 e. The Balaban J connectivity index is 0.000000298. The maximum absolute atomic E-state index is 13.7. The van der Waals surface area contributed by atoms with Gasteiger partial charge >= 0.3 is 18.3 Å². The minimum atomic E-state index is -5.08. The molecule has 1 heterocycles. The molecule has 1 aliphatic heterocycles. The lowest BCUT2D eigenvalue weighted by atomic mass is 9.57.